The van der Waals surface area contributed by atoms with Crippen molar-refractivity contribution < 1.29 is 9.34 Å². The molecular weight excluding hydrogens is 418 g/mol. The second kappa shape index (κ2) is 8.51. The fraction of sp³-hybridized carbons (Fsp3) is 0.105. The molecule has 0 amide bonds. The molecule has 0 saturated carbocycles. The molecule has 0 aliphatic heterocycles. The number of hydrogen-bond acceptors (Lipinski definition) is 11. The van der Waals surface area contributed by atoms with Crippen molar-refractivity contribution in [3.8, 4) is 0 Å². The highest BCUT2D eigenvalue weighted by molar-refractivity contribution is 5.87. The standard InChI is InChI=1S/C19H17N9O4/c1-11-4-2-6-27-18(11)25-16(21-8-12-5-3-7-32-12)13(19(27)29)9-24-26-17-14(28(30)31)15(20)22-10-23-17/h2-7,9-10,21H,8H2,1H3,(H3,20,22,23,26)/b24-9+. The number of aromatic nitrogens is 4. The number of nitrogens with one attached hydrogen (secondary N) is 2. The van der Waals surface area contributed by atoms with Crippen LogP contribution in [0.2, 0.25) is 0 Å². The number of fused-ring (bicyclic) bond motifs is 1. The first-order valence-electron chi connectivity index (χ1n) is 9.28. The van der Waals surface area contributed by atoms with E-state index in [-0.39, 0.29) is 35.1 Å². The Bertz CT molecular complexity index is 1380. The number of anilines is 3. The number of nitrogens with two attached hydrogens (primary N) is 1. The van der Waals surface area contributed by atoms with E-state index in [9.17, 15) is 14.9 Å². The third-order valence-corrected chi connectivity index (χ3v) is 4.49. The topological polar surface area (TPSA) is 179 Å². The maximum Gasteiger partial charge on any atom is 0.354 e. The summed E-state index contributed by atoms with van der Waals surface area (Å²) >= 11 is 0. The number of rotatable bonds is 7. The summed E-state index contributed by atoms with van der Waals surface area (Å²) in [6.07, 6.45) is 5.40. The van der Waals surface area contributed by atoms with E-state index >= 15 is 0 Å². The van der Waals surface area contributed by atoms with Crippen LogP contribution in [0.15, 0.2) is 57.4 Å². The lowest BCUT2D eigenvalue weighted by molar-refractivity contribution is -0.383. The Hall–Kier alpha value is -4.81. The van der Waals surface area contributed by atoms with E-state index in [2.05, 4.69) is 30.8 Å². The molecule has 13 nitrogen and oxygen atoms in total. The summed E-state index contributed by atoms with van der Waals surface area (Å²) < 4.78 is 6.70. The van der Waals surface area contributed by atoms with Gasteiger partial charge in [-0.2, -0.15) is 5.10 Å². The predicted octanol–water partition coefficient (Wildman–Crippen LogP) is 1.93. The van der Waals surface area contributed by atoms with E-state index in [1.165, 1.54) is 16.9 Å². The van der Waals surface area contributed by atoms with Gasteiger partial charge < -0.3 is 15.5 Å². The Morgan fingerprint density at radius 1 is 1.31 bits per heavy atom. The molecule has 13 heteroatoms. The van der Waals surface area contributed by atoms with Crippen LogP contribution in [0, 0.1) is 17.0 Å². The summed E-state index contributed by atoms with van der Waals surface area (Å²) in [6, 6.07) is 7.09. The van der Waals surface area contributed by atoms with Gasteiger partial charge in [-0.15, -0.1) is 0 Å². The van der Waals surface area contributed by atoms with Gasteiger partial charge in [0, 0.05) is 6.20 Å². The first-order valence-corrected chi connectivity index (χ1v) is 9.28. The van der Waals surface area contributed by atoms with Gasteiger partial charge in [0.25, 0.3) is 5.56 Å². The zero-order valence-electron chi connectivity index (χ0n) is 16.7. The van der Waals surface area contributed by atoms with Gasteiger partial charge in [0.1, 0.15) is 29.1 Å². The van der Waals surface area contributed by atoms with Crippen LogP contribution in [-0.2, 0) is 6.54 Å². The van der Waals surface area contributed by atoms with Gasteiger partial charge in [0.05, 0.1) is 23.9 Å². The van der Waals surface area contributed by atoms with Crippen molar-refractivity contribution in [3.63, 3.8) is 0 Å². The molecule has 32 heavy (non-hydrogen) atoms. The van der Waals surface area contributed by atoms with Crippen LogP contribution in [0.1, 0.15) is 16.9 Å². The minimum absolute atomic E-state index is 0.122. The average Bonchev–Trinajstić information content (AvgIpc) is 3.28. The van der Waals surface area contributed by atoms with Gasteiger partial charge in [-0.05, 0) is 30.7 Å². The highest BCUT2D eigenvalue weighted by atomic mass is 16.6. The van der Waals surface area contributed by atoms with Crippen molar-refractivity contribution in [2.45, 2.75) is 13.5 Å². The fourth-order valence-electron chi connectivity index (χ4n) is 2.96. The van der Waals surface area contributed by atoms with Gasteiger partial charge in [-0.1, -0.05) is 6.07 Å². The van der Waals surface area contributed by atoms with Crippen LogP contribution < -0.4 is 22.0 Å². The van der Waals surface area contributed by atoms with Crippen LogP contribution in [-0.4, -0.2) is 30.5 Å². The fourth-order valence-corrected chi connectivity index (χ4v) is 2.96. The number of hydrazone groups is 1. The van der Waals surface area contributed by atoms with E-state index in [1.54, 1.807) is 24.4 Å². The van der Waals surface area contributed by atoms with Crippen molar-refractivity contribution in [2.75, 3.05) is 16.5 Å². The van der Waals surface area contributed by atoms with Gasteiger partial charge in [0.15, 0.2) is 0 Å². The van der Waals surface area contributed by atoms with Gasteiger partial charge in [0.2, 0.25) is 11.6 Å². The van der Waals surface area contributed by atoms with E-state index < -0.39 is 10.6 Å². The average molecular weight is 435 g/mol. The second-order valence-electron chi connectivity index (χ2n) is 6.58. The summed E-state index contributed by atoms with van der Waals surface area (Å²) in [6.45, 7) is 2.12. The monoisotopic (exact) mass is 435 g/mol. The number of hydrogen-bond donors (Lipinski definition) is 3. The van der Waals surface area contributed by atoms with Gasteiger partial charge in [-0.3, -0.25) is 24.7 Å². The van der Waals surface area contributed by atoms with Crippen molar-refractivity contribution in [1.29, 1.82) is 0 Å². The zero-order valence-corrected chi connectivity index (χ0v) is 16.7. The number of nitro groups is 1. The smallest absolute Gasteiger partial charge is 0.354 e. The molecule has 0 bridgehead atoms. The molecule has 4 aromatic heterocycles. The maximum absolute atomic E-state index is 13.1. The SMILES string of the molecule is Cc1cccn2c(=O)c(/C=N/Nc3ncnc(N)c3[N+](=O)[O-])c(NCc3ccco3)nc12. The van der Waals surface area contributed by atoms with Crippen LogP contribution in [0.4, 0.5) is 23.1 Å². The Balaban J connectivity index is 1.73. The van der Waals surface area contributed by atoms with E-state index in [0.717, 1.165) is 11.9 Å². The second-order valence-corrected chi connectivity index (χ2v) is 6.58. The van der Waals surface area contributed by atoms with E-state index in [0.29, 0.717) is 11.4 Å². The first-order chi connectivity index (χ1) is 15.5. The number of furan rings is 1. The molecule has 0 unspecified atom stereocenters. The normalized spacial score (nSPS) is 11.2. The summed E-state index contributed by atoms with van der Waals surface area (Å²) in [7, 11) is 0. The van der Waals surface area contributed by atoms with Crippen molar-refractivity contribution in [2.24, 2.45) is 5.10 Å². The number of nitrogen functional groups attached to an aromatic ring is 1. The molecule has 0 spiro atoms. The Morgan fingerprint density at radius 2 is 2.16 bits per heavy atom. The number of nitrogens with zero attached hydrogens (tertiary/aromatic N) is 6. The number of aryl methyl sites for hydroxylation is 1. The summed E-state index contributed by atoms with van der Waals surface area (Å²) in [5.41, 5.74) is 8.48. The van der Waals surface area contributed by atoms with E-state index in [4.69, 9.17) is 10.2 Å². The van der Waals surface area contributed by atoms with Gasteiger partial charge in [-0.25, -0.2) is 15.0 Å². The highest BCUT2D eigenvalue weighted by Crippen LogP contribution is 2.26. The Labute approximate surface area is 179 Å². The molecule has 0 fully saturated rings. The molecule has 0 aromatic carbocycles. The molecule has 4 rings (SSSR count). The predicted molar refractivity (Wildman–Crippen MR) is 117 cm³/mol. The van der Waals surface area contributed by atoms with Crippen molar-refractivity contribution in [3.05, 3.63) is 80.4 Å². The van der Waals surface area contributed by atoms with E-state index in [1.807, 2.05) is 13.0 Å². The molecule has 162 valence electrons. The minimum Gasteiger partial charge on any atom is -0.467 e. The molecule has 0 radical (unpaired) electrons. The molecule has 4 heterocycles. The largest absolute Gasteiger partial charge is 0.467 e. The van der Waals surface area contributed by atoms with Gasteiger partial charge >= 0.3 is 5.69 Å². The molecule has 0 aliphatic carbocycles. The Kier molecular flexibility index (Phi) is 5.44. The molecule has 4 aromatic rings. The maximum atomic E-state index is 13.1. The molecular formula is C19H17N9O4. The van der Waals surface area contributed by atoms with Crippen molar-refractivity contribution >= 4 is 35.0 Å². The zero-order chi connectivity index (χ0) is 22.7. The van der Waals surface area contributed by atoms with Crippen LogP contribution in [0.3, 0.4) is 0 Å². The highest BCUT2D eigenvalue weighted by Gasteiger charge is 2.20. The number of pyridine rings is 1. The third-order valence-electron chi connectivity index (χ3n) is 4.49. The summed E-state index contributed by atoms with van der Waals surface area (Å²) in [5.74, 6) is 0.382. The summed E-state index contributed by atoms with van der Waals surface area (Å²) in [4.78, 5) is 35.6. The summed E-state index contributed by atoms with van der Waals surface area (Å²) in [5, 5.41) is 18.3. The van der Waals surface area contributed by atoms with Crippen molar-refractivity contribution in [1.82, 2.24) is 19.4 Å². The molecule has 0 aliphatic rings. The lowest BCUT2D eigenvalue weighted by atomic mass is 10.2. The third kappa shape index (κ3) is 3.94. The lowest BCUT2D eigenvalue weighted by Gasteiger charge is -2.11. The van der Waals surface area contributed by atoms with Crippen LogP contribution in [0.25, 0.3) is 5.65 Å². The molecule has 4 N–H and O–H groups in total. The quantitative estimate of drug-likeness (QED) is 0.220. The minimum atomic E-state index is -0.723. The Morgan fingerprint density at radius 3 is 2.91 bits per heavy atom. The molecule has 0 atom stereocenters. The molecule has 0 saturated heterocycles. The lowest BCUT2D eigenvalue weighted by Crippen LogP contribution is -2.23. The van der Waals surface area contributed by atoms with Crippen LogP contribution >= 0.6 is 0 Å². The first kappa shape index (κ1) is 20.5. The van der Waals surface area contributed by atoms with Crippen LogP contribution in [0.5, 0.6) is 0 Å².